The molecule has 3 aromatic rings. The van der Waals surface area contributed by atoms with Gasteiger partial charge in [0.15, 0.2) is 0 Å². The van der Waals surface area contributed by atoms with Gasteiger partial charge in [0.2, 0.25) is 0 Å². The zero-order valence-corrected chi connectivity index (χ0v) is 12.1. The Morgan fingerprint density at radius 3 is 2.52 bits per heavy atom. The molecule has 0 N–H and O–H groups in total. The zero-order valence-electron chi connectivity index (χ0n) is 12.1. The molecule has 0 saturated heterocycles. The van der Waals surface area contributed by atoms with Crippen LogP contribution in [0.4, 0.5) is 0 Å². The number of fused-ring (bicyclic) bond motifs is 1. The smallest absolute Gasteiger partial charge is 0.344 e. The third-order valence-corrected chi connectivity index (χ3v) is 3.73. The van der Waals surface area contributed by atoms with Crippen molar-refractivity contribution in [3.05, 3.63) is 70.6 Å². The summed E-state index contributed by atoms with van der Waals surface area (Å²) >= 11 is 0. The molecule has 106 valence electrons. The minimum absolute atomic E-state index is 0.279. The maximum Gasteiger partial charge on any atom is 0.344 e. The van der Waals surface area contributed by atoms with Crippen LogP contribution in [0.3, 0.4) is 0 Å². The Balaban J connectivity index is 1.98. The Hall–Kier alpha value is -2.35. The second-order valence-electron chi connectivity index (χ2n) is 5.29. The van der Waals surface area contributed by atoms with Crippen LogP contribution in [-0.2, 0) is 6.42 Å². The van der Waals surface area contributed by atoms with Gasteiger partial charge in [-0.1, -0.05) is 55.8 Å². The number of rotatable bonds is 4. The van der Waals surface area contributed by atoms with Crippen molar-refractivity contribution in [2.45, 2.75) is 26.2 Å². The van der Waals surface area contributed by atoms with Gasteiger partial charge in [-0.2, -0.15) is 0 Å². The summed E-state index contributed by atoms with van der Waals surface area (Å²) in [7, 11) is 0. The van der Waals surface area contributed by atoms with Gasteiger partial charge in [-0.25, -0.2) is 4.79 Å². The number of benzene rings is 2. The number of hydrogen-bond acceptors (Lipinski definition) is 2. The summed E-state index contributed by atoms with van der Waals surface area (Å²) in [6.45, 7) is 2.19. The fourth-order valence-electron chi connectivity index (χ4n) is 2.49. The molecule has 21 heavy (non-hydrogen) atoms. The van der Waals surface area contributed by atoms with Gasteiger partial charge in [-0.05, 0) is 35.9 Å². The highest BCUT2D eigenvalue weighted by molar-refractivity contribution is 5.83. The van der Waals surface area contributed by atoms with Crippen molar-refractivity contribution in [2.75, 3.05) is 0 Å². The van der Waals surface area contributed by atoms with Crippen molar-refractivity contribution >= 4 is 10.8 Å². The van der Waals surface area contributed by atoms with Gasteiger partial charge in [-0.3, -0.25) is 0 Å². The van der Waals surface area contributed by atoms with Crippen molar-refractivity contribution in [3.63, 3.8) is 0 Å². The quantitative estimate of drug-likeness (QED) is 0.686. The summed E-state index contributed by atoms with van der Waals surface area (Å²) in [5.74, 6) is 0.626. The molecule has 3 rings (SSSR count). The molecule has 1 heterocycles. The summed E-state index contributed by atoms with van der Waals surface area (Å²) in [6, 6.07) is 17.7. The summed E-state index contributed by atoms with van der Waals surface area (Å²) in [4.78, 5) is 12.0. The molecule has 0 radical (unpaired) electrons. The SMILES string of the molecule is CCCCc1ccc(-c2cc3ccccc3c(=O)o2)cc1. The van der Waals surface area contributed by atoms with Crippen molar-refractivity contribution < 1.29 is 4.42 Å². The molecule has 2 aromatic carbocycles. The van der Waals surface area contributed by atoms with Gasteiger partial charge >= 0.3 is 5.63 Å². The van der Waals surface area contributed by atoms with Crippen LogP contribution in [-0.4, -0.2) is 0 Å². The van der Waals surface area contributed by atoms with E-state index in [1.54, 1.807) is 6.07 Å². The summed E-state index contributed by atoms with van der Waals surface area (Å²) in [5.41, 5.74) is 1.99. The van der Waals surface area contributed by atoms with E-state index in [4.69, 9.17) is 4.42 Å². The number of aryl methyl sites for hydroxylation is 1. The summed E-state index contributed by atoms with van der Waals surface area (Å²) in [5, 5.41) is 1.54. The third-order valence-electron chi connectivity index (χ3n) is 3.73. The van der Waals surface area contributed by atoms with E-state index in [0.717, 1.165) is 17.4 Å². The largest absolute Gasteiger partial charge is 0.422 e. The van der Waals surface area contributed by atoms with E-state index in [1.807, 2.05) is 36.4 Å². The van der Waals surface area contributed by atoms with E-state index in [9.17, 15) is 4.79 Å². The number of unbranched alkanes of at least 4 members (excludes halogenated alkanes) is 1. The average Bonchev–Trinajstić information content (AvgIpc) is 2.53. The summed E-state index contributed by atoms with van der Waals surface area (Å²) in [6.07, 6.45) is 3.49. The lowest BCUT2D eigenvalue weighted by Crippen LogP contribution is -1.99. The van der Waals surface area contributed by atoms with Crippen molar-refractivity contribution in [3.8, 4) is 11.3 Å². The molecule has 1 aromatic heterocycles. The molecule has 0 fully saturated rings. The van der Waals surface area contributed by atoms with Gasteiger partial charge < -0.3 is 4.42 Å². The van der Waals surface area contributed by atoms with Gasteiger partial charge in [0.05, 0.1) is 5.39 Å². The topological polar surface area (TPSA) is 30.2 Å². The van der Waals surface area contributed by atoms with Crippen LogP contribution in [0.5, 0.6) is 0 Å². The van der Waals surface area contributed by atoms with E-state index < -0.39 is 0 Å². The van der Waals surface area contributed by atoms with Crippen LogP contribution in [0.2, 0.25) is 0 Å². The van der Waals surface area contributed by atoms with Gasteiger partial charge in [0.25, 0.3) is 0 Å². The normalized spacial score (nSPS) is 10.9. The van der Waals surface area contributed by atoms with E-state index in [-0.39, 0.29) is 5.63 Å². The highest BCUT2D eigenvalue weighted by atomic mass is 16.4. The first kappa shape index (κ1) is 13.6. The first-order valence-electron chi connectivity index (χ1n) is 7.40. The maximum absolute atomic E-state index is 12.0. The second-order valence-corrected chi connectivity index (χ2v) is 5.29. The Morgan fingerprint density at radius 1 is 1.00 bits per heavy atom. The lowest BCUT2D eigenvalue weighted by Gasteiger charge is -2.04. The molecule has 0 atom stereocenters. The van der Waals surface area contributed by atoms with E-state index in [0.29, 0.717) is 11.1 Å². The average molecular weight is 278 g/mol. The lowest BCUT2D eigenvalue weighted by atomic mass is 10.0. The van der Waals surface area contributed by atoms with E-state index in [1.165, 1.54) is 18.4 Å². The van der Waals surface area contributed by atoms with Crippen molar-refractivity contribution in [2.24, 2.45) is 0 Å². The van der Waals surface area contributed by atoms with Crippen LogP contribution in [0.15, 0.2) is 63.8 Å². The fourth-order valence-corrected chi connectivity index (χ4v) is 2.49. The lowest BCUT2D eigenvalue weighted by molar-refractivity contribution is 0.534. The van der Waals surface area contributed by atoms with Crippen LogP contribution in [0, 0.1) is 0 Å². The van der Waals surface area contributed by atoms with Crippen LogP contribution in [0.25, 0.3) is 22.1 Å². The molecule has 0 amide bonds. The third kappa shape index (κ3) is 2.89. The summed E-state index contributed by atoms with van der Waals surface area (Å²) < 4.78 is 5.44. The Labute approximate surface area is 124 Å². The molecule has 0 aliphatic heterocycles. The molecule has 0 saturated carbocycles. The first-order valence-corrected chi connectivity index (χ1v) is 7.40. The van der Waals surface area contributed by atoms with Gasteiger partial charge in [-0.15, -0.1) is 0 Å². The minimum atomic E-state index is -0.279. The van der Waals surface area contributed by atoms with Gasteiger partial charge in [0, 0.05) is 5.56 Å². The molecule has 0 bridgehead atoms. The molecule has 0 spiro atoms. The van der Waals surface area contributed by atoms with Crippen molar-refractivity contribution in [1.82, 2.24) is 0 Å². The second kappa shape index (κ2) is 5.96. The molecule has 0 unspecified atom stereocenters. The Bertz CT molecular complexity index is 798. The van der Waals surface area contributed by atoms with Gasteiger partial charge in [0.1, 0.15) is 5.76 Å². The molecule has 2 heteroatoms. The molecule has 0 aliphatic carbocycles. The Morgan fingerprint density at radius 2 is 1.76 bits per heavy atom. The Kier molecular flexibility index (Phi) is 3.87. The predicted molar refractivity (Wildman–Crippen MR) is 86.5 cm³/mol. The molecular formula is C19H18O2. The zero-order chi connectivity index (χ0) is 14.7. The van der Waals surface area contributed by atoms with Crippen LogP contribution >= 0.6 is 0 Å². The van der Waals surface area contributed by atoms with E-state index >= 15 is 0 Å². The fraction of sp³-hybridized carbons (Fsp3) is 0.211. The first-order chi connectivity index (χ1) is 10.3. The highest BCUT2D eigenvalue weighted by Gasteiger charge is 2.06. The highest BCUT2D eigenvalue weighted by Crippen LogP contribution is 2.22. The van der Waals surface area contributed by atoms with Crippen LogP contribution < -0.4 is 5.63 Å². The standard InChI is InChI=1S/C19H18O2/c1-2-3-6-14-9-11-15(12-10-14)18-13-16-7-4-5-8-17(16)19(20)21-18/h4-5,7-13H,2-3,6H2,1H3. The number of hydrogen-bond donors (Lipinski definition) is 0. The minimum Gasteiger partial charge on any atom is -0.422 e. The van der Waals surface area contributed by atoms with E-state index in [2.05, 4.69) is 19.1 Å². The monoisotopic (exact) mass is 278 g/mol. The molecule has 0 aliphatic rings. The van der Waals surface area contributed by atoms with Crippen LogP contribution in [0.1, 0.15) is 25.3 Å². The maximum atomic E-state index is 12.0. The predicted octanol–water partition coefficient (Wildman–Crippen LogP) is 4.80. The van der Waals surface area contributed by atoms with Crippen molar-refractivity contribution in [1.29, 1.82) is 0 Å². The molecular weight excluding hydrogens is 260 g/mol. The molecule has 2 nitrogen and oxygen atoms in total.